The van der Waals surface area contributed by atoms with Crippen LogP contribution in [0.4, 0.5) is 23.4 Å². The third-order valence-electron chi connectivity index (χ3n) is 3.61. The van der Waals surface area contributed by atoms with Crippen molar-refractivity contribution in [3.05, 3.63) is 40.6 Å². The molecule has 0 aromatic carbocycles. The number of nitrogens with one attached hydrogen (secondary N) is 2. The lowest BCUT2D eigenvalue weighted by molar-refractivity contribution is -0.147. The first-order valence-electron chi connectivity index (χ1n) is 7.59. The number of hydrogen-bond acceptors (Lipinski definition) is 5. The molecule has 0 saturated heterocycles. The van der Waals surface area contributed by atoms with Gasteiger partial charge in [-0.2, -0.15) is 23.2 Å². The van der Waals surface area contributed by atoms with Crippen LogP contribution >= 0.6 is 11.6 Å². The van der Waals surface area contributed by atoms with Crippen LogP contribution in [0, 0.1) is 17.1 Å². The van der Waals surface area contributed by atoms with Crippen molar-refractivity contribution in [1.82, 2.24) is 14.3 Å². The summed E-state index contributed by atoms with van der Waals surface area (Å²) in [6.07, 6.45) is -3.97. The predicted octanol–water partition coefficient (Wildman–Crippen LogP) is 2.57. The summed E-state index contributed by atoms with van der Waals surface area (Å²) in [7, 11) is -3.47. The third kappa shape index (κ3) is 4.84. The smallest absolute Gasteiger partial charge is 0.344 e. The van der Waals surface area contributed by atoms with Crippen molar-refractivity contribution in [2.75, 3.05) is 5.32 Å². The van der Waals surface area contributed by atoms with E-state index in [1.807, 2.05) is 0 Å². The number of alkyl halides is 3. The summed E-state index contributed by atoms with van der Waals surface area (Å²) in [5.74, 6) is -2.12. The lowest BCUT2D eigenvalue weighted by atomic mass is 10.3. The maximum atomic E-state index is 13.3. The van der Waals surface area contributed by atoms with Gasteiger partial charge in [0.05, 0.1) is 5.02 Å². The first-order chi connectivity index (χ1) is 13.3. The summed E-state index contributed by atoms with van der Waals surface area (Å²) in [5.41, 5.74) is -0.995. The van der Waals surface area contributed by atoms with Crippen molar-refractivity contribution in [1.29, 1.82) is 5.26 Å². The van der Waals surface area contributed by atoms with Crippen LogP contribution in [0.15, 0.2) is 23.2 Å². The Labute approximate surface area is 167 Å². The monoisotopic (exact) mass is 453 g/mol. The first-order valence-corrected chi connectivity index (χ1v) is 9.46. The second-order valence-electron chi connectivity index (χ2n) is 5.74. The van der Waals surface area contributed by atoms with Gasteiger partial charge in [0.25, 0.3) is 5.91 Å². The molecule has 0 spiro atoms. The molecule has 2 aromatic heterocycles. The van der Waals surface area contributed by atoms with Crippen molar-refractivity contribution < 1.29 is 30.8 Å². The number of hydrogen-bond donors (Lipinski definition) is 2. The van der Waals surface area contributed by atoms with Crippen molar-refractivity contribution in [3.63, 3.8) is 0 Å². The number of rotatable bonds is 5. The average Bonchev–Trinajstić information content (AvgIpc) is 2.90. The maximum Gasteiger partial charge on any atom is 0.404 e. The molecule has 1 amide bonds. The fourth-order valence-corrected chi connectivity index (χ4v) is 4.07. The van der Waals surface area contributed by atoms with Gasteiger partial charge in [-0.05, 0) is 19.1 Å². The van der Waals surface area contributed by atoms with Gasteiger partial charge >= 0.3 is 6.18 Å². The molecule has 0 bridgehead atoms. The zero-order valence-corrected chi connectivity index (χ0v) is 16.2. The second-order valence-corrected chi connectivity index (χ2v) is 7.80. The van der Waals surface area contributed by atoms with Gasteiger partial charge in [-0.15, -0.1) is 0 Å². The van der Waals surface area contributed by atoms with Crippen LogP contribution in [0.25, 0.3) is 0 Å². The van der Waals surface area contributed by atoms with E-state index in [0.29, 0.717) is 6.92 Å². The second kappa shape index (κ2) is 7.97. The Hall–Kier alpha value is -2.69. The number of nitrogens with zero attached hydrogens (tertiary/aromatic N) is 3. The maximum absolute atomic E-state index is 13.3. The molecule has 0 fully saturated rings. The van der Waals surface area contributed by atoms with E-state index in [0.717, 1.165) is 22.9 Å². The Morgan fingerprint density at radius 3 is 2.55 bits per heavy atom. The van der Waals surface area contributed by atoms with Crippen LogP contribution in [-0.2, 0) is 17.1 Å². The minimum absolute atomic E-state index is 0.224. The Bertz CT molecular complexity index is 1110. The molecule has 1 atom stereocenters. The van der Waals surface area contributed by atoms with Gasteiger partial charge in [-0.1, -0.05) is 11.6 Å². The zero-order chi connectivity index (χ0) is 22.1. The molecule has 14 heteroatoms. The topological polar surface area (TPSA) is 117 Å². The van der Waals surface area contributed by atoms with E-state index in [9.17, 15) is 30.8 Å². The number of pyridine rings is 1. The molecule has 29 heavy (non-hydrogen) atoms. The molecule has 0 aliphatic rings. The number of anilines is 1. The van der Waals surface area contributed by atoms with E-state index < -0.39 is 55.3 Å². The van der Waals surface area contributed by atoms with Gasteiger partial charge in [-0.25, -0.2) is 17.8 Å². The molecule has 2 heterocycles. The number of aryl methyl sites for hydroxylation is 1. The molecule has 0 unspecified atom stereocenters. The van der Waals surface area contributed by atoms with E-state index in [4.69, 9.17) is 16.9 Å². The zero-order valence-electron chi connectivity index (χ0n) is 14.7. The molecule has 0 saturated carbocycles. The van der Waals surface area contributed by atoms with Crippen LogP contribution in [0.1, 0.15) is 23.1 Å². The highest BCUT2D eigenvalue weighted by atomic mass is 35.5. The van der Waals surface area contributed by atoms with E-state index in [-0.39, 0.29) is 5.82 Å². The molecular weight excluding hydrogens is 442 g/mol. The van der Waals surface area contributed by atoms with E-state index in [1.54, 1.807) is 0 Å². The molecule has 156 valence electrons. The molecule has 0 aliphatic heterocycles. The minimum Gasteiger partial charge on any atom is -0.344 e. The van der Waals surface area contributed by atoms with E-state index in [2.05, 4.69) is 10.3 Å². The number of carbonyl (C=O) groups excluding carboxylic acids is 1. The highest BCUT2D eigenvalue weighted by Crippen LogP contribution is 2.29. The van der Waals surface area contributed by atoms with Gasteiger partial charge in [0, 0.05) is 13.2 Å². The molecule has 0 aliphatic carbocycles. The SMILES string of the molecule is C[C@@H](NS(=O)(=O)c1cn(C)c(C(=O)Nc2ccc(F)c(C#N)n2)c1Cl)C(F)(F)F. The van der Waals surface area contributed by atoms with Crippen LogP contribution in [-0.4, -0.2) is 36.1 Å². The Morgan fingerprint density at radius 1 is 1.38 bits per heavy atom. The lowest BCUT2D eigenvalue weighted by Crippen LogP contribution is -2.42. The highest BCUT2D eigenvalue weighted by molar-refractivity contribution is 7.89. The Kier molecular flexibility index (Phi) is 6.21. The Balaban J connectivity index is 2.36. The van der Waals surface area contributed by atoms with Crippen molar-refractivity contribution >= 4 is 33.3 Å². The summed E-state index contributed by atoms with van der Waals surface area (Å²) in [6.45, 7) is 0.606. The average molecular weight is 454 g/mol. The van der Waals surface area contributed by atoms with Crippen LogP contribution in [0.2, 0.25) is 5.02 Å². The normalized spacial score (nSPS) is 13.0. The van der Waals surface area contributed by atoms with Crippen LogP contribution in [0.5, 0.6) is 0 Å². The number of nitriles is 1. The molecule has 2 rings (SSSR count). The summed E-state index contributed by atoms with van der Waals surface area (Å²) >= 11 is 5.94. The van der Waals surface area contributed by atoms with Gasteiger partial charge in [0.15, 0.2) is 11.5 Å². The minimum atomic E-state index is -4.83. The number of halogens is 5. The van der Waals surface area contributed by atoms with E-state index >= 15 is 0 Å². The standard InChI is InChI=1S/C15H12ClF4N5O3S/c1-7(15(18,19)20)24-29(27,28)10-6-25(2)13(12(10)16)14(26)23-11-4-3-8(17)9(5-21)22-11/h3-4,6-7,24H,1-2H3,(H,22,23,26)/t7-/m1/s1. The summed E-state index contributed by atoms with van der Waals surface area (Å²) in [6, 6.07) is 1.01. The van der Waals surface area contributed by atoms with Crippen molar-refractivity contribution in [3.8, 4) is 6.07 Å². The van der Waals surface area contributed by atoms with Gasteiger partial charge < -0.3 is 9.88 Å². The number of sulfonamides is 1. The van der Waals surface area contributed by atoms with Crippen molar-refractivity contribution in [2.24, 2.45) is 7.05 Å². The van der Waals surface area contributed by atoms with Gasteiger partial charge in [0.2, 0.25) is 10.0 Å². The van der Waals surface area contributed by atoms with Crippen LogP contribution in [0.3, 0.4) is 0 Å². The fraction of sp³-hybridized carbons (Fsp3) is 0.267. The number of aromatic nitrogens is 2. The van der Waals surface area contributed by atoms with Gasteiger partial charge in [0.1, 0.15) is 28.5 Å². The summed E-state index contributed by atoms with van der Waals surface area (Å²) in [5, 5.41) is 10.3. The summed E-state index contributed by atoms with van der Waals surface area (Å²) in [4.78, 5) is 15.3. The number of carbonyl (C=O) groups is 1. The molecular formula is C15H12ClF4N5O3S. The molecule has 2 aromatic rings. The highest BCUT2D eigenvalue weighted by Gasteiger charge is 2.40. The molecule has 0 radical (unpaired) electrons. The van der Waals surface area contributed by atoms with Gasteiger partial charge in [-0.3, -0.25) is 4.79 Å². The third-order valence-corrected chi connectivity index (χ3v) is 5.66. The first kappa shape index (κ1) is 22.6. The predicted molar refractivity (Wildman–Crippen MR) is 93.1 cm³/mol. The largest absolute Gasteiger partial charge is 0.404 e. The Morgan fingerprint density at radius 2 is 2.00 bits per heavy atom. The number of amides is 1. The fourth-order valence-electron chi connectivity index (χ4n) is 2.14. The van der Waals surface area contributed by atoms with E-state index in [1.165, 1.54) is 17.8 Å². The van der Waals surface area contributed by atoms with Crippen molar-refractivity contribution in [2.45, 2.75) is 24.0 Å². The molecule has 8 nitrogen and oxygen atoms in total. The quantitative estimate of drug-likeness (QED) is 0.675. The lowest BCUT2D eigenvalue weighted by Gasteiger charge is -2.16. The van der Waals surface area contributed by atoms with Crippen LogP contribution < -0.4 is 10.0 Å². The molecule has 2 N–H and O–H groups in total. The summed E-state index contributed by atoms with van der Waals surface area (Å²) < 4.78 is 78.2.